The highest BCUT2D eigenvalue weighted by Gasteiger charge is 2.52. The number of nitrogens with one attached hydrogen (secondary N) is 2. The summed E-state index contributed by atoms with van der Waals surface area (Å²) in [6, 6.07) is 4.82. The zero-order valence-electron chi connectivity index (χ0n) is 13.3. The Kier molecular flexibility index (Phi) is 3.23. The second-order valence-electron chi connectivity index (χ2n) is 7.19. The standard InChI is InChI=1S/C17H20FN5O/c18-14-2-1-3-15-13(14)9-19-16(21-15)22-23-20-10-17(24-23)8-11-4-6-12(17)7-5-11/h1-3,9,11-12,20H,4-8,10H2,(H,19,21,22)/t11?,12?,17-/m0/s1. The zero-order valence-corrected chi connectivity index (χ0v) is 13.3. The summed E-state index contributed by atoms with van der Waals surface area (Å²) in [5.41, 5.74) is 6.76. The first-order valence-corrected chi connectivity index (χ1v) is 8.63. The summed E-state index contributed by atoms with van der Waals surface area (Å²) in [5, 5.41) is 1.95. The molecule has 2 heterocycles. The lowest BCUT2D eigenvalue weighted by Crippen LogP contribution is -2.50. The summed E-state index contributed by atoms with van der Waals surface area (Å²) in [4.78, 5) is 14.8. The van der Waals surface area contributed by atoms with Crippen LogP contribution in [0.4, 0.5) is 10.3 Å². The normalized spacial score (nSPS) is 32.7. The third-order valence-electron chi connectivity index (χ3n) is 5.79. The van der Waals surface area contributed by atoms with Crippen molar-refractivity contribution in [3.8, 4) is 0 Å². The molecule has 0 unspecified atom stereocenters. The summed E-state index contributed by atoms with van der Waals surface area (Å²) in [5.74, 6) is 1.48. The number of rotatable bonds is 2. The van der Waals surface area contributed by atoms with Gasteiger partial charge in [-0.1, -0.05) is 6.07 Å². The predicted octanol–water partition coefficient (Wildman–Crippen LogP) is 2.80. The minimum Gasteiger partial charge on any atom is -0.257 e. The monoisotopic (exact) mass is 329 g/mol. The molecule has 4 aliphatic rings. The number of aromatic nitrogens is 2. The van der Waals surface area contributed by atoms with Gasteiger partial charge in [-0.25, -0.2) is 25.2 Å². The number of halogens is 1. The molecule has 1 aliphatic heterocycles. The number of hydrogen-bond donors (Lipinski definition) is 2. The van der Waals surface area contributed by atoms with Crippen LogP contribution in [-0.4, -0.2) is 27.4 Å². The van der Waals surface area contributed by atoms with E-state index in [1.165, 1.54) is 43.2 Å². The van der Waals surface area contributed by atoms with Crippen molar-refractivity contribution in [2.24, 2.45) is 11.8 Å². The highest BCUT2D eigenvalue weighted by atomic mass is 19.1. The molecule has 1 aromatic carbocycles. The minimum absolute atomic E-state index is 0.100. The maximum absolute atomic E-state index is 13.7. The molecule has 6 rings (SSSR count). The van der Waals surface area contributed by atoms with E-state index in [0.29, 0.717) is 22.8 Å². The molecule has 7 heteroatoms. The van der Waals surface area contributed by atoms with E-state index in [1.807, 2.05) is 0 Å². The highest BCUT2D eigenvalue weighted by molar-refractivity contribution is 5.79. The summed E-state index contributed by atoms with van der Waals surface area (Å²) >= 11 is 0. The second-order valence-corrected chi connectivity index (χ2v) is 7.19. The zero-order chi connectivity index (χ0) is 16.1. The molecule has 24 heavy (non-hydrogen) atoms. The Morgan fingerprint density at radius 2 is 2.17 bits per heavy atom. The molecular formula is C17H20FN5O. The first-order chi connectivity index (χ1) is 11.7. The van der Waals surface area contributed by atoms with E-state index in [9.17, 15) is 4.39 Å². The van der Waals surface area contributed by atoms with Crippen LogP contribution >= 0.6 is 0 Å². The molecule has 1 atom stereocenters. The van der Waals surface area contributed by atoms with Crippen molar-refractivity contribution in [3.63, 3.8) is 0 Å². The smallest absolute Gasteiger partial charge is 0.241 e. The fraction of sp³-hybridized carbons (Fsp3) is 0.529. The maximum atomic E-state index is 13.7. The fourth-order valence-corrected chi connectivity index (χ4v) is 4.55. The van der Waals surface area contributed by atoms with Crippen LogP contribution in [0.5, 0.6) is 0 Å². The van der Waals surface area contributed by atoms with Crippen molar-refractivity contribution in [1.29, 1.82) is 0 Å². The van der Waals surface area contributed by atoms with Crippen molar-refractivity contribution >= 4 is 16.9 Å². The molecule has 4 fully saturated rings. The lowest BCUT2D eigenvalue weighted by atomic mass is 9.62. The molecule has 2 bridgehead atoms. The van der Waals surface area contributed by atoms with Gasteiger partial charge in [0, 0.05) is 12.7 Å². The van der Waals surface area contributed by atoms with E-state index in [4.69, 9.17) is 4.84 Å². The van der Waals surface area contributed by atoms with Gasteiger partial charge < -0.3 is 0 Å². The van der Waals surface area contributed by atoms with Crippen molar-refractivity contribution in [3.05, 3.63) is 30.2 Å². The third-order valence-corrected chi connectivity index (χ3v) is 5.79. The Hall–Kier alpha value is -1.83. The molecule has 2 N–H and O–H groups in total. The van der Waals surface area contributed by atoms with Crippen molar-refractivity contribution in [2.45, 2.75) is 37.7 Å². The van der Waals surface area contributed by atoms with E-state index >= 15 is 0 Å². The van der Waals surface area contributed by atoms with Crippen LogP contribution in [0, 0.1) is 17.7 Å². The third kappa shape index (κ3) is 2.27. The van der Waals surface area contributed by atoms with Crippen LogP contribution in [0.3, 0.4) is 0 Å². The van der Waals surface area contributed by atoms with Gasteiger partial charge in [0.1, 0.15) is 11.4 Å². The van der Waals surface area contributed by atoms with Gasteiger partial charge in [-0.15, -0.1) is 0 Å². The number of hydrogen-bond acceptors (Lipinski definition) is 6. The second kappa shape index (κ2) is 5.34. The molecule has 126 valence electrons. The molecule has 0 radical (unpaired) electrons. The minimum atomic E-state index is -0.313. The average Bonchev–Trinajstić information content (AvgIpc) is 2.98. The Morgan fingerprint density at radius 3 is 2.96 bits per heavy atom. The summed E-state index contributed by atoms with van der Waals surface area (Å²) < 4.78 is 13.7. The summed E-state index contributed by atoms with van der Waals surface area (Å²) in [6.45, 7) is 0.809. The topological polar surface area (TPSA) is 62.3 Å². The van der Waals surface area contributed by atoms with Crippen LogP contribution in [-0.2, 0) is 4.84 Å². The number of hydrazine groups is 2. The van der Waals surface area contributed by atoms with Crippen LogP contribution in [0.2, 0.25) is 0 Å². The quantitative estimate of drug-likeness (QED) is 0.883. The first-order valence-electron chi connectivity index (χ1n) is 8.63. The number of fused-ring (bicyclic) bond motifs is 3. The number of nitrogens with zero attached hydrogens (tertiary/aromatic N) is 3. The van der Waals surface area contributed by atoms with E-state index in [2.05, 4.69) is 20.8 Å². The Morgan fingerprint density at radius 1 is 1.29 bits per heavy atom. The van der Waals surface area contributed by atoms with E-state index in [0.717, 1.165) is 18.9 Å². The maximum Gasteiger partial charge on any atom is 0.241 e. The SMILES string of the molecule is Fc1cccc2nc(NN3NC[C@]4(CC5CCC4CC5)O3)ncc12. The highest BCUT2D eigenvalue weighted by Crippen LogP contribution is 2.50. The largest absolute Gasteiger partial charge is 0.257 e. The van der Waals surface area contributed by atoms with Gasteiger partial charge in [0.05, 0.1) is 10.9 Å². The molecule has 6 nitrogen and oxygen atoms in total. The number of benzene rings is 1. The lowest BCUT2D eigenvalue weighted by Gasteiger charge is -2.47. The van der Waals surface area contributed by atoms with E-state index in [-0.39, 0.29) is 11.4 Å². The van der Waals surface area contributed by atoms with Crippen molar-refractivity contribution in [2.75, 3.05) is 12.0 Å². The van der Waals surface area contributed by atoms with E-state index in [1.54, 1.807) is 12.1 Å². The van der Waals surface area contributed by atoms with Gasteiger partial charge in [0.15, 0.2) is 0 Å². The average molecular weight is 329 g/mol. The van der Waals surface area contributed by atoms with Crippen molar-refractivity contribution < 1.29 is 9.23 Å². The molecule has 3 saturated carbocycles. The van der Waals surface area contributed by atoms with Gasteiger partial charge >= 0.3 is 0 Å². The summed E-state index contributed by atoms with van der Waals surface area (Å²) in [6.07, 6.45) is 7.80. The van der Waals surface area contributed by atoms with Crippen molar-refractivity contribution in [1.82, 2.24) is 20.7 Å². The predicted molar refractivity (Wildman–Crippen MR) is 86.8 cm³/mol. The first kappa shape index (κ1) is 14.5. The van der Waals surface area contributed by atoms with Crippen LogP contribution in [0.15, 0.2) is 24.4 Å². The lowest BCUT2D eigenvalue weighted by molar-refractivity contribution is -0.235. The molecular weight excluding hydrogens is 309 g/mol. The fourth-order valence-electron chi connectivity index (χ4n) is 4.55. The molecule has 1 saturated heterocycles. The van der Waals surface area contributed by atoms with Gasteiger partial charge in [0.25, 0.3) is 0 Å². The van der Waals surface area contributed by atoms with Gasteiger partial charge in [-0.05, 0) is 61.4 Å². The van der Waals surface area contributed by atoms with Crippen LogP contribution < -0.4 is 10.9 Å². The molecule has 1 aromatic heterocycles. The Balaban J connectivity index is 1.34. The molecule has 2 aromatic rings. The molecule has 1 spiro atoms. The van der Waals surface area contributed by atoms with E-state index < -0.39 is 0 Å². The molecule has 0 amide bonds. The van der Waals surface area contributed by atoms with Gasteiger partial charge in [-0.3, -0.25) is 4.84 Å². The Bertz CT molecular complexity index is 779. The summed E-state index contributed by atoms with van der Waals surface area (Å²) in [7, 11) is 0. The van der Waals surface area contributed by atoms with Gasteiger partial charge in [-0.2, -0.15) is 0 Å². The van der Waals surface area contributed by atoms with Crippen LogP contribution in [0.1, 0.15) is 32.1 Å². The Labute approximate surface area is 139 Å². The van der Waals surface area contributed by atoms with Crippen LogP contribution in [0.25, 0.3) is 10.9 Å². The number of anilines is 1. The molecule has 3 aliphatic carbocycles. The van der Waals surface area contributed by atoms with Gasteiger partial charge in [0.2, 0.25) is 5.95 Å².